The van der Waals surface area contributed by atoms with Gasteiger partial charge < -0.3 is 4.98 Å². The second-order valence-corrected chi connectivity index (χ2v) is 8.43. The SMILES string of the molecule is CC(c1nc2c(Cl)c(F)c(F)cc2[nH]1)N1CCC(c2ccnc3ccc(F)cc23)CC1. The number of rotatable bonds is 3. The molecule has 4 nitrogen and oxygen atoms in total. The molecule has 2 aromatic heterocycles. The summed E-state index contributed by atoms with van der Waals surface area (Å²) in [5.41, 5.74) is 2.54. The first-order chi connectivity index (χ1) is 14.9. The zero-order valence-corrected chi connectivity index (χ0v) is 17.6. The Bertz CT molecular complexity index is 1280. The molecule has 160 valence electrons. The molecule has 1 unspecified atom stereocenters. The summed E-state index contributed by atoms with van der Waals surface area (Å²) in [5, 5.41) is 0.560. The predicted octanol–water partition coefficient (Wildman–Crippen LogP) is 6.12. The van der Waals surface area contributed by atoms with Gasteiger partial charge in [0.15, 0.2) is 11.6 Å². The number of aromatic amines is 1. The summed E-state index contributed by atoms with van der Waals surface area (Å²) in [4.78, 5) is 14.1. The zero-order valence-electron chi connectivity index (χ0n) is 16.8. The van der Waals surface area contributed by atoms with Crippen molar-refractivity contribution in [2.45, 2.75) is 31.7 Å². The number of likely N-dealkylation sites (tertiary alicyclic amines) is 1. The molecule has 4 aromatic rings. The number of halogens is 4. The van der Waals surface area contributed by atoms with Crippen LogP contribution in [0.5, 0.6) is 0 Å². The number of aromatic nitrogens is 3. The van der Waals surface area contributed by atoms with Crippen LogP contribution in [0.1, 0.15) is 43.1 Å². The second-order valence-electron chi connectivity index (χ2n) is 8.05. The van der Waals surface area contributed by atoms with Gasteiger partial charge in [-0.1, -0.05) is 11.6 Å². The molecule has 1 atom stereocenters. The summed E-state index contributed by atoms with van der Waals surface area (Å²) >= 11 is 5.94. The first-order valence-electron chi connectivity index (χ1n) is 10.2. The lowest BCUT2D eigenvalue weighted by Gasteiger charge is -2.35. The highest BCUT2D eigenvalue weighted by molar-refractivity contribution is 6.35. The van der Waals surface area contributed by atoms with Crippen LogP contribution in [0.3, 0.4) is 0 Å². The van der Waals surface area contributed by atoms with Gasteiger partial charge in [0.2, 0.25) is 0 Å². The average Bonchev–Trinajstić information content (AvgIpc) is 3.21. The molecule has 0 saturated carbocycles. The topological polar surface area (TPSA) is 44.8 Å². The number of nitrogens with zero attached hydrogens (tertiary/aromatic N) is 3. The molecule has 3 heterocycles. The van der Waals surface area contributed by atoms with Crippen LogP contribution in [0.4, 0.5) is 13.2 Å². The minimum atomic E-state index is -1.08. The van der Waals surface area contributed by atoms with Gasteiger partial charge >= 0.3 is 0 Å². The highest BCUT2D eigenvalue weighted by Gasteiger charge is 2.27. The Morgan fingerprint density at radius 1 is 1.13 bits per heavy atom. The zero-order chi connectivity index (χ0) is 21.7. The van der Waals surface area contributed by atoms with E-state index in [0.717, 1.165) is 48.5 Å². The number of hydrogen-bond donors (Lipinski definition) is 1. The molecule has 2 aromatic carbocycles. The Balaban J connectivity index is 1.36. The van der Waals surface area contributed by atoms with Crippen molar-refractivity contribution in [3.8, 4) is 0 Å². The van der Waals surface area contributed by atoms with Crippen LogP contribution in [-0.2, 0) is 0 Å². The van der Waals surface area contributed by atoms with Gasteiger partial charge in [0.25, 0.3) is 0 Å². The number of H-pyrrole nitrogens is 1. The van der Waals surface area contributed by atoms with Crippen LogP contribution >= 0.6 is 11.6 Å². The Morgan fingerprint density at radius 2 is 1.90 bits per heavy atom. The van der Waals surface area contributed by atoms with E-state index in [0.29, 0.717) is 17.3 Å². The molecule has 1 aliphatic heterocycles. The van der Waals surface area contributed by atoms with Crippen molar-refractivity contribution in [1.29, 1.82) is 0 Å². The van der Waals surface area contributed by atoms with Crippen molar-refractivity contribution < 1.29 is 13.2 Å². The van der Waals surface area contributed by atoms with E-state index in [1.165, 1.54) is 6.07 Å². The molecule has 1 saturated heterocycles. The number of piperidine rings is 1. The maximum Gasteiger partial charge on any atom is 0.179 e. The van der Waals surface area contributed by atoms with E-state index < -0.39 is 11.6 Å². The molecular weight excluding hydrogens is 425 g/mol. The summed E-state index contributed by atoms with van der Waals surface area (Å²) < 4.78 is 41.2. The summed E-state index contributed by atoms with van der Waals surface area (Å²) in [6, 6.07) is 7.70. The molecule has 5 rings (SSSR count). The molecule has 0 radical (unpaired) electrons. The number of pyridine rings is 1. The van der Waals surface area contributed by atoms with Crippen molar-refractivity contribution in [2.75, 3.05) is 13.1 Å². The third-order valence-electron chi connectivity index (χ3n) is 6.28. The Kier molecular flexibility index (Phi) is 5.10. The summed E-state index contributed by atoms with van der Waals surface area (Å²) in [7, 11) is 0. The second kappa shape index (κ2) is 7.80. The standard InChI is InChI=1S/C23H20ClF3N4/c1-12(23-29-19-11-17(26)21(27)20(24)22(19)30-23)31-8-5-13(6-9-31)15-4-7-28-18-3-2-14(25)10-16(15)18/h2-4,7,10-13H,5-6,8-9H2,1H3,(H,29,30). The highest BCUT2D eigenvalue weighted by Crippen LogP contribution is 2.36. The number of hydrogen-bond acceptors (Lipinski definition) is 3. The van der Waals surface area contributed by atoms with Gasteiger partial charge in [-0.2, -0.15) is 0 Å². The highest BCUT2D eigenvalue weighted by atomic mass is 35.5. The maximum absolute atomic E-state index is 13.8. The van der Waals surface area contributed by atoms with Gasteiger partial charge in [0.05, 0.1) is 17.1 Å². The first-order valence-corrected chi connectivity index (χ1v) is 10.6. The Morgan fingerprint density at radius 3 is 2.68 bits per heavy atom. The van der Waals surface area contributed by atoms with Crippen LogP contribution < -0.4 is 0 Å². The van der Waals surface area contributed by atoms with Crippen LogP contribution in [0.15, 0.2) is 36.5 Å². The molecule has 8 heteroatoms. The van der Waals surface area contributed by atoms with Gasteiger partial charge in [-0.15, -0.1) is 0 Å². The third kappa shape index (κ3) is 3.55. The molecule has 0 spiro atoms. The minimum Gasteiger partial charge on any atom is -0.341 e. The van der Waals surface area contributed by atoms with E-state index in [1.54, 1.807) is 18.3 Å². The van der Waals surface area contributed by atoms with Crippen molar-refractivity contribution in [2.24, 2.45) is 0 Å². The van der Waals surface area contributed by atoms with Gasteiger partial charge in [0.1, 0.15) is 22.2 Å². The first kappa shape index (κ1) is 20.3. The fraction of sp³-hybridized carbons (Fsp3) is 0.304. The number of fused-ring (bicyclic) bond motifs is 2. The molecular formula is C23H20ClF3N4. The van der Waals surface area contributed by atoms with Crippen molar-refractivity contribution in [3.63, 3.8) is 0 Å². The van der Waals surface area contributed by atoms with Crippen LogP contribution in [0, 0.1) is 17.5 Å². The predicted molar refractivity (Wildman–Crippen MR) is 115 cm³/mol. The quantitative estimate of drug-likeness (QED) is 0.387. The number of imidazole rings is 1. The van der Waals surface area contributed by atoms with Gasteiger partial charge in [0, 0.05) is 17.6 Å². The average molecular weight is 445 g/mol. The van der Waals surface area contributed by atoms with Crippen LogP contribution in [0.2, 0.25) is 5.02 Å². The molecule has 0 aliphatic carbocycles. The van der Waals surface area contributed by atoms with Crippen molar-refractivity contribution in [1.82, 2.24) is 19.9 Å². The van der Waals surface area contributed by atoms with E-state index in [2.05, 4.69) is 19.9 Å². The fourth-order valence-corrected chi connectivity index (χ4v) is 4.78. The summed E-state index contributed by atoms with van der Waals surface area (Å²) in [5.74, 6) is -1.41. The lowest BCUT2D eigenvalue weighted by molar-refractivity contribution is 0.158. The largest absolute Gasteiger partial charge is 0.341 e. The number of nitrogens with one attached hydrogen (secondary N) is 1. The smallest absolute Gasteiger partial charge is 0.179 e. The molecule has 0 amide bonds. The summed E-state index contributed by atoms with van der Waals surface area (Å²) in [6.07, 6.45) is 3.59. The van der Waals surface area contributed by atoms with Crippen LogP contribution in [0.25, 0.3) is 21.9 Å². The van der Waals surface area contributed by atoms with E-state index in [1.807, 2.05) is 13.0 Å². The van der Waals surface area contributed by atoms with Crippen LogP contribution in [-0.4, -0.2) is 32.9 Å². The monoisotopic (exact) mass is 444 g/mol. The molecule has 0 bridgehead atoms. The van der Waals surface area contributed by atoms with Crippen molar-refractivity contribution >= 4 is 33.5 Å². The maximum atomic E-state index is 13.8. The van der Waals surface area contributed by atoms with E-state index in [-0.39, 0.29) is 22.4 Å². The molecule has 1 fully saturated rings. The van der Waals surface area contributed by atoms with Gasteiger partial charge in [-0.3, -0.25) is 9.88 Å². The summed E-state index contributed by atoms with van der Waals surface area (Å²) in [6.45, 7) is 3.65. The van der Waals surface area contributed by atoms with Gasteiger partial charge in [-0.25, -0.2) is 18.2 Å². The van der Waals surface area contributed by atoms with Gasteiger partial charge in [-0.05, 0) is 68.6 Å². The minimum absolute atomic E-state index is 0.0674. The van der Waals surface area contributed by atoms with E-state index >= 15 is 0 Å². The third-order valence-corrected chi connectivity index (χ3v) is 6.63. The lowest BCUT2D eigenvalue weighted by atomic mass is 9.87. The molecule has 1 aliphatic rings. The van der Waals surface area contributed by atoms with E-state index in [4.69, 9.17) is 11.6 Å². The lowest BCUT2D eigenvalue weighted by Crippen LogP contribution is -2.35. The fourth-order valence-electron chi connectivity index (χ4n) is 4.54. The van der Waals surface area contributed by atoms with Crippen molar-refractivity contribution in [3.05, 3.63) is 70.4 Å². The Hall–Kier alpha value is -2.64. The Labute approximate surface area is 182 Å². The number of benzene rings is 2. The molecule has 1 N–H and O–H groups in total. The normalized spacial score (nSPS) is 16.9. The molecule has 31 heavy (non-hydrogen) atoms. The van der Waals surface area contributed by atoms with E-state index in [9.17, 15) is 13.2 Å².